The van der Waals surface area contributed by atoms with Gasteiger partial charge in [-0.25, -0.2) is 0 Å². The molecule has 1 aromatic heterocycles. The van der Waals surface area contributed by atoms with Crippen molar-refractivity contribution in [1.82, 2.24) is 9.78 Å². The van der Waals surface area contributed by atoms with Crippen LogP contribution >= 0.6 is 11.6 Å². The van der Waals surface area contributed by atoms with Crippen LogP contribution in [-0.2, 0) is 7.05 Å². The van der Waals surface area contributed by atoms with Crippen LogP contribution < -0.4 is 0 Å². The molecule has 0 aliphatic heterocycles. The molecule has 0 aliphatic carbocycles. The number of hydrogen-bond acceptors (Lipinski definition) is 2. The molecule has 0 radical (unpaired) electrons. The Balaban J connectivity index is 3.16. The van der Waals surface area contributed by atoms with E-state index >= 15 is 0 Å². The van der Waals surface area contributed by atoms with Crippen LogP contribution in [0.15, 0.2) is 6.08 Å². The van der Waals surface area contributed by atoms with Gasteiger partial charge in [-0.2, -0.15) is 10.4 Å². The molecule has 0 aliphatic rings. The summed E-state index contributed by atoms with van der Waals surface area (Å²) in [6.45, 7) is 1.85. The van der Waals surface area contributed by atoms with Crippen molar-refractivity contribution < 1.29 is 0 Å². The van der Waals surface area contributed by atoms with Crippen molar-refractivity contribution in [2.45, 2.75) is 6.92 Å². The molecule has 0 amide bonds. The Bertz CT molecular complexity index is 357. The van der Waals surface area contributed by atoms with E-state index in [0.717, 1.165) is 11.3 Å². The van der Waals surface area contributed by atoms with E-state index in [9.17, 15) is 0 Å². The van der Waals surface area contributed by atoms with Crippen LogP contribution in [0.2, 0.25) is 5.15 Å². The van der Waals surface area contributed by atoms with E-state index in [1.165, 1.54) is 6.08 Å². The minimum Gasteiger partial charge on any atom is -0.256 e. The third kappa shape index (κ3) is 1.49. The van der Waals surface area contributed by atoms with Gasteiger partial charge < -0.3 is 0 Å². The van der Waals surface area contributed by atoms with Gasteiger partial charge in [0.15, 0.2) is 0 Å². The number of halogens is 1. The summed E-state index contributed by atoms with van der Waals surface area (Å²) in [7, 11) is 1.76. The molecule has 0 fully saturated rings. The monoisotopic (exact) mass is 181 g/mol. The average molecular weight is 182 g/mol. The third-order valence-corrected chi connectivity index (χ3v) is 1.97. The molecule has 3 nitrogen and oxygen atoms in total. The fourth-order valence-corrected chi connectivity index (χ4v) is 1.19. The first-order chi connectivity index (χ1) is 5.66. The lowest BCUT2D eigenvalue weighted by atomic mass is 10.2. The van der Waals surface area contributed by atoms with Crippen molar-refractivity contribution in [3.05, 3.63) is 22.5 Å². The Morgan fingerprint density at radius 3 is 2.75 bits per heavy atom. The molecule has 1 heterocycles. The Hall–Kier alpha value is -1.27. The smallest absolute Gasteiger partial charge is 0.134 e. The summed E-state index contributed by atoms with van der Waals surface area (Å²) in [4.78, 5) is 0. The molecule has 0 saturated heterocycles. The summed E-state index contributed by atoms with van der Waals surface area (Å²) < 4.78 is 1.58. The number of aromatic nitrogens is 2. The highest BCUT2D eigenvalue weighted by molar-refractivity contribution is 6.31. The minimum absolute atomic E-state index is 0.555. The summed E-state index contributed by atoms with van der Waals surface area (Å²) in [6.07, 6.45) is 3.04. The number of aryl methyl sites for hydroxylation is 2. The lowest BCUT2D eigenvalue weighted by Gasteiger charge is -1.89. The molecule has 0 atom stereocenters. The average Bonchev–Trinajstić information content (AvgIpc) is 2.25. The standard InChI is InChI=1S/C8H8ClN3/c1-6-7(4-3-5-10)8(9)12(2)11-6/h3-4H,1-2H3. The van der Waals surface area contributed by atoms with Crippen molar-refractivity contribution in [2.24, 2.45) is 7.05 Å². The fourth-order valence-electron chi connectivity index (χ4n) is 0.956. The van der Waals surface area contributed by atoms with E-state index in [1.54, 1.807) is 17.8 Å². The van der Waals surface area contributed by atoms with Crippen LogP contribution in [0.1, 0.15) is 11.3 Å². The molecule has 0 N–H and O–H groups in total. The zero-order chi connectivity index (χ0) is 9.14. The SMILES string of the molecule is Cc1nn(C)c(Cl)c1C=CC#N. The van der Waals surface area contributed by atoms with Crippen LogP contribution in [0.25, 0.3) is 6.08 Å². The third-order valence-electron chi connectivity index (χ3n) is 1.52. The predicted molar refractivity (Wildman–Crippen MR) is 47.6 cm³/mol. The number of hydrogen-bond donors (Lipinski definition) is 0. The molecule has 1 rings (SSSR count). The van der Waals surface area contributed by atoms with Gasteiger partial charge in [-0.15, -0.1) is 0 Å². The molecular formula is C8H8ClN3. The van der Waals surface area contributed by atoms with Crippen molar-refractivity contribution >= 4 is 17.7 Å². The van der Waals surface area contributed by atoms with Gasteiger partial charge >= 0.3 is 0 Å². The topological polar surface area (TPSA) is 41.6 Å². The molecule has 0 aromatic carbocycles. The highest BCUT2D eigenvalue weighted by atomic mass is 35.5. The Kier molecular flexibility index (Phi) is 2.51. The van der Waals surface area contributed by atoms with Crippen LogP contribution in [0, 0.1) is 18.3 Å². The predicted octanol–water partition coefficient (Wildman–Crippen LogP) is 1.92. The second-order valence-electron chi connectivity index (χ2n) is 2.38. The molecule has 62 valence electrons. The van der Waals surface area contributed by atoms with E-state index in [0.29, 0.717) is 5.15 Å². The highest BCUT2D eigenvalue weighted by Gasteiger charge is 2.06. The Morgan fingerprint density at radius 1 is 1.67 bits per heavy atom. The van der Waals surface area contributed by atoms with Crippen molar-refractivity contribution in [1.29, 1.82) is 5.26 Å². The molecular weight excluding hydrogens is 174 g/mol. The van der Waals surface area contributed by atoms with Crippen molar-refractivity contribution in [3.8, 4) is 6.07 Å². The van der Waals surface area contributed by atoms with Gasteiger partial charge in [0.05, 0.1) is 11.8 Å². The molecule has 0 saturated carbocycles. The summed E-state index contributed by atoms with van der Waals surface area (Å²) in [5, 5.41) is 13.0. The summed E-state index contributed by atoms with van der Waals surface area (Å²) >= 11 is 5.89. The second-order valence-corrected chi connectivity index (χ2v) is 2.73. The van der Waals surface area contributed by atoms with Gasteiger partial charge in [0.1, 0.15) is 5.15 Å². The quantitative estimate of drug-likeness (QED) is 0.622. The molecule has 4 heteroatoms. The Labute approximate surface area is 75.9 Å². The molecule has 0 spiro atoms. The Morgan fingerprint density at radius 2 is 2.33 bits per heavy atom. The molecule has 0 unspecified atom stereocenters. The zero-order valence-corrected chi connectivity index (χ0v) is 7.63. The zero-order valence-electron chi connectivity index (χ0n) is 6.87. The van der Waals surface area contributed by atoms with E-state index in [-0.39, 0.29) is 0 Å². The molecule has 12 heavy (non-hydrogen) atoms. The van der Waals surface area contributed by atoms with E-state index < -0.39 is 0 Å². The first-order valence-corrected chi connectivity index (χ1v) is 3.80. The number of allylic oxidation sites excluding steroid dienone is 1. The largest absolute Gasteiger partial charge is 0.256 e. The van der Waals surface area contributed by atoms with Gasteiger partial charge in [-0.1, -0.05) is 11.6 Å². The van der Waals surface area contributed by atoms with E-state index in [2.05, 4.69) is 5.10 Å². The fraction of sp³-hybridized carbons (Fsp3) is 0.250. The van der Waals surface area contributed by atoms with Crippen LogP contribution in [0.5, 0.6) is 0 Å². The van der Waals surface area contributed by atoms with Gasteiger partial charge in [-0.05, 0) is 13.0 Å². The van der Waals surface area contributed by atoms with Crippen LogP contribution in [0.3, 0.4) is 0 Å². The lowest BCUT2D eigenvalue weighted by molar-refractivity contribution is 0.757. The van der Waals surface area contributed by atoms with Crippen molar-refractivity contribution in [2.75, 3.05) is 0 Å². The lowest BCUT2D eigenvalue weighted by Crippen LogP contribution is -1.88. The van der Waals surface area contributed by atoms with Gasteiger partial charge in [0.2, 0.25) is 0 Å². The maximum absolute atomic E-state index is 8.31. The van der Waals surface area contributed by atoms with Gasteiger partial charge in [-0.3, -0.25) is 4.68 Å². The van der Waals surface area contributed by atoms with E-state index in [1.807, 2.05) is 13.0 Å². The molecule has 0 bridgehead atoms. The van der Waals surface area contributed by atoms with Gasteiger partial charge in [0, 0.05) is 18.7 Å². The van der Waals surface area contributed by atoms with Crippen LogP contribution in [0.4, 0.5) is 0 Å². The normalized spacial score (nSPS) is 10.5. The summed E-state index contributed by atoms with van der Waals surface area (Å²) in [6, 6.07) is 1.90. The first-order valence-electron chi connectivity index (χ1n) is 3.42. The minimum atomic E-state index is 0.555. The maximum atomic E-state index is 8.31. The number of nitriles is 1. The second kappa shape index (κ2) is 3.42. The molecule has 1 aromatic rings. The van der Waals surface area contributed by atoms with E-state index in [4.69, 9.17) is 16.9 Å². The maximum Gasteiger partial charge on any atom is 0.134 e. The van der Waals surface area contributed by atoms with Gasteiger partial charge in [0.25, 0.3) is 0 Å². The first kappa shape index (κ1) is 8.82. The number of nitrogens with zero attached hydrogens (tertiary/aromatic N) is 3. The van der Waals surface area contributed by atoms with Crippen molar-refractivity contribution in [3.63, 3.8) is 0 Å². The highest BCUT2D eigenvalue weighted by Crippen LogP contribution is 2.19. The summed E-state index contributed by atoms with van der Waals surface area (Å²) in [5.41, 5.74) is 1.63. The summed E-state index contributed by atoms with van der Waals surface area (Å²) in [5.74, 6) is 0. The van der Waals surface area contributed by atoms with Crippen LogP contribution in [-0.4, -0.2) is 9.78 Å². The number of rotatable bonds is 1.